The van der Waals surface area contributed by atoms with Gasteiger partial charge in [0.15, 0.2) is 17.5 Å². The molecule has 4 heterocycles. The molecule has 6 nitrogen and oxygen atoms in total. The lowest BCUT2D eigenvalue weighted by Gasteiger charge is -2.21. The Kier molecular flexibility index (Phi) is 7.47. The van der Waals surface area contributed by atoms with Crippen molar-refractivity contribution >= 4 is 21.8 Å². The Hall–Kier alpha value is -6.79. The summed E-state index contributed by atoms with van der Waals surface area (Å²) < 4.78 is 2.43. The topological polar surface area (TPSA) is 69.4 Å². The third kappa shape index (κ3) is 5.53. The molecule has 4 aromatic heterocycles. The van der Waals surface area contributed by atoms with Crippen LogP contribution in [0.15, 0.2) is 158 Å². The van der Waals surface area contributed by atoms with E-state index < -0.39 is 0 Å². The van der Waals surface area contributed by atoms with Crippen LogP contribution in [0.5, 0.6) is 0 Å². The molecule has 0 N–H and O–H groups in total. The Bertz CT molecular complexity index is 2510. The molecule has 242 valence electrons. The molecule has 0 saturated carbocycles. The van der Waals surface area contributed by atoms with E-state index in [1.165, 1.54) is 21.9 Å². The van der Waals surface area contributed by atoms with Gasteiger partial charge >= 0.3 is 0 Å². The lowest BCUT2D eigenvalue weighted by atomic mass is 9.92. The normalized spacial score (nSPS) is 11.3. The molecular weight excluding hydrogens is 625 g/mol. The van der Waals surface area contributed by atoms with E-state index in [0.29, 0.717) is 28.9 Å². The molecule has 9 rings (SSSR count). The summed E-state index contributed by atoms with van der Waals surface area (Å²) in [4.78, 5) is 24.2. The fourth-order valence-corrected chi connectivity index (χ4v) is 6.90. The van der Waals surface area contributed by atoms with Crippen LogP contribution >= 0.6 is 0 Å². The first-order valence-electron chi connectivity index (χ1n) is 17.0. The molecule has 0 amide bonds. The van der Waals surface area contributed by atoms with Crippen molar-refractivity contribution in [1.82, 2.24) is 29.5 Å². The van der Waals surface area contributed by atoms with Crippen LogP contribution in [-0.4, -0.2) is 29.5 Å². The van der Waals surface area contributed by atoms with Gasteiger partial charge in [0.25, 0.3) is 0 Å². The van der Waals surface area contributed by atoms with E-state index in [0.717, 1.165) is 44.5 Å². The summed E-state index contributed by atoms with van der Waals surface area (Å²) in [6, 6.07) is 50.6. The molecule has 0 bridgehead atoms. The lowest BCUT2D eigenvalue weighted by molar-refractivity contribution is 1.05. The van der Waals surface area contributed by atoms with E-state index in [-0.39, 0.29) is 0 Å². The van der Waals surface area contributed by atoms with Gasteiger partial charge in [-0.25, -0.2) is 15.0 Å². The van der Waals surface area contributed by atoms with Gasteiger partial charge in [-0.3, -0.25) is 9.97 Å². The number of fused-ring (bicyclic) bond motifs is 3. The first-order valence-corrected chi connectivity index (χ1v) is 17.0. The molecule has 0 aliphatic rings. The number of pyridine rings is 2. The van der Waals surface area contributed by atoms with Crippen molar-refractivity contribution in [2.45, 2.75) is 13.8 Å². The fraction of sp³-hybridized carbons (Fsp3) is 0.0444. The number of nitrogens with zero attached hydrogens (tertiary/aromatic N) is 6. The number of hydrogen-bond donors (Lipinski definition) is 0. The zero-order valence-corrected chi connectivity index (χ0v) is 28.2. The zero-order chi connectivity index (χ0) is 34.3. The van der Waals surface area contributed by atoms with Gasteiger partial charge in [0.1, 0.15) is 11.4 Å². The van der Waals surface area contributed by atoms with Crippen molar-refractivity contribution in [2.24, 2.45) is 0 Å². The maximum Gasteiger partial charge on any atom is 0.182 e. The van der Waals surface area contributed by atoms with Crippen LogP contribution in [0.3, 0.4) is 0 Å². The van der Waals surface area contributed by atoms with Crippen LogP contribution in [0.25, 0.3) is 84.2 Å². The van der Waals surface area contributed by atoms with E-state index in [1.54, 1.807) is 12.4 Å². The van der Waals surface area contributed by atoms with Crippen LogP contribution < -0.4 is 0 Å². The monoisotopic (exact) mass is 656 g/mol. The Morgan fingerprint density at radius 1 is 0.412 bits per heavy atom. The van der Waals surface area contributed by atoms with Crippen molar-refractivity contribution in [1.29, 1.82) is 0 Å². The predicted molar refractivity (Wildman–Crippen MR) is 206 cm³/mol. The van der Waals surface area contributed by atoms with Gasteiger partial charge in [-0.2, -0.15) is 0 Å². The van der Waals surface area contributed by atoms with Crippen LogP contribution in [0.4, 0.5) is 0 Å². The Morgan fingerprint density at radius 3 is 1.31 bits per heavy atom. The van der Waals surface area contributed by atoms with Crippen molar-refractivity contribution in [3.05, 3.63) is 169 Å². The number of benzene rings is 5. The predicted octanol–water partition coefficient (Wildman–Crippen LogP) is 10.7. The Labute approximate surface area is 295 Å². The molecule has 6 heteroatoms. The molecular formula is C45H32N6. The molecule has 0 spiro atoms. The van der Waals surface area contributed by atoms with E-state index in [4.69, 9.17) is 15.0 Å². The second kappa shape index (κ2) is 12.6. The molecule has 0 radical (unpaired) electrons. The van der Waals surface area contributed by atoms with E-state index in [1.807, 2.05) is 36.4 Å². The highest BCUT2D eigenvalue weighted by atomic mass is 15.1. The van der Waals surface area contributed by atoms with Gasteiger partial charge in [-0.1, -0.05) is 96.1 Å². The second-order valence-electron chi connectivity index (χ2n) is 12.8. The van der Waals surface area contributed by atoms with Gasteiger partial charge in [0.2, 0.25) is 0 Å². The molecule has 0 atom stereocenters. The third-order valence-electron chi connectivity index (χ3n) is 9.26. The SMILES string of the molecule is Cc1ccc2c(c1)c1cc(C)ccc1n2-c1c(-c2ccccc2)cc(-c2nc(-c3ccccn3)nc(-c3ccccn3)n2)cc1-c1ccccc1. The summed E-state index contributed by atoms with van der Waals surface area (Å²) in [5.74, 6) is 1.52. The standard InChI is InChI=1S/C45H32N6/c1-29-19-21-40-36(25-29)37-26-30(2)20-22-41(37)51(40)42-34(31-13-5-3-6-14-31)27-33(28-35(42)32-15-7-4-8-16-32)43-48-44(38-17-9-11-23-46-38)50-45(49-43)39-18-10-12-24-47-39/h3-28H,1-2H3. The Morgan fingerprint density at radius 2 is 0.863 bits per heavy atom. The van der Waals surface area contributed by atoms with Crippen LogP contribution in [0, 0.1) is 13.8 Å². The zero-order valence-electron chi connectivity index (χ0n) is 28.2. The number of rotatable bonds is 6. The quantitative estimate of drug-likeness (QED) is 0.178. The maximum absolute atomic E-state index is 5.06. The van der Waals surface area contributed by atoms with Crippen molar-refractivity contribution in [3.8, 4) is 62.4 Å². The second-order valence-corrected chi connectivity index (χ2v) is 12.8. The average molecular weight is 657 g/mol. The smallest absolute Gasteiger partial charge is 0.182 e. The van der Waals surface area contributed by atoms with Gasteiger partial charge in [-0.05, 0) is 85.6 Å². The van der Waals surface area contributed by atoms with Gasteiger partial charge < -0.3 is 4.57 Å². The molecule has 0 fully saturated rings. The van der Waals surface area contributed by atoms with Crippen LogP contribution in [-0.2, 0) is 0 Å². The largest absolute Gasteiger partial charge is 0.308 e. The highest BCUT2D eigenvalue weighted by molar-refractivity contribution is 6.11. The molecule has 0 aliphatic carbocycles. The van der Waals surface area contributed by atoms with Crippen molar-refractivity contribution in [2.75, 3.05) is 0 Å². The lowest BCUT2D eigenvalue weighted by Crippen LogP contribution is -2.04. The molecule has 0 aliphatic heterocycles. The first-order chi connectivity index (χ1) is 25.1. The summed E-state index contributed by atoms with van der Waals surface area (Å²) in [7, 11) is 0. The van der Waals surface area contributed by atoms with Crippen molar-refractivity contribution < 1.29 is 0 Å². The maximum atomic E-state index is 5.06. The third-order valence-corrected chi connectivity index (χ3v) is 9.26. The minimum Gasteiger partial charge on any atom is -0.308 e. The molecule has 0 saturated heterocycles. The summed E-state index contributed by atoms with van der Waals surface area (Å²) in [6.07, 6.45) is 3.51. The molecule has 5 aromatic carbocycles. The molecule has 0 unspecified atom stereocenters. The van der Waals surface area contributed by atoms with Crippen LogP contribution in [0.2, 0.25) is 0 Å². The van der Waals surface area contributed by atoms with E-state index in [9.17, 15) is 0 Å². The average Bonchev–Trinajstić information content (AvgIpc) is 3.50. The van der Waals surface area contributed by atoms with E-state index in [2.05, 4.69) is 138 Å². The van der Waals surface area contributed by atoms with Crippen molar-refractivity contribution in [3.63, 3.8) is 0 Å². The van der Waals surface area contributed by atoms with Gasteiger partial charge in [-0.15, -0.1) is 0 Å². The molecule has 9 aromatic rings. The van der Waals surface area contributed by atoms with Crippen LogP contribution in [0.1, 0.15) is 11.1 Å². The number of aryl methyl sites for hydroxylation is 2. The highest BCUT2D eigenvalue weighted by Crippen LogP contribution is 2.44. The Balaban J connectivity index is 1.41. The fourth-order valence-electron chi connectivity index (χ4n) is 6.90. The van der Waals surface area contributed by atoms with Gasteiger partial charge in [0.05, 0.1) is 16.7 Å². The van der Waals surface area contributed by atoms with Gasteiger partial charge in [0, 0.05) is 39.9 Å². The minimum atomic E-state index is 0.487. The summed E-state index contributed by atoms with van der Waals surface area (Å²) in [5, 5.41) is 2.46. The first kappa shape index (κ1) is 30.3. The summed E-state index contributed by atoms with van der Waals surface area (Å²) >= 11 is 0. The number of aromatic nitrogens is 6. The summed E-state index contributed by atoms with van der Waals surface area (Å²) in [6.45, 7) is 4.32. The minimum absolute atomic E-state index is 0.487. The van der Waals surface area contributed by atoms with E-state index >= 15 is 0 Å². The number of hydrogen-bond acceptors (Lipinski definition) is 5. The highest BCUT2D eigenvalue weighted by Gasteiger charge is 2.23. The molecule has 51 heavy (non-hydrogen) atoms. The summed E-state index contributed by atoms with van der Waals surface area (Å²) in [5.41, 5.74) is 12.3.